The Morgan fingerprint density at radius 2 is 2.24 bits per heavy atom. The van der Waals surface area contributed by atoms with Gasteiger partial charge in [0.1, 0.15) is 5.54 Å². The first-order valence-electron chi connectivity index (χ1n) is 6.72. The fourth-order valence-electron chi connectivity index (χ4n) is 2.87. The second kappa shape index (κ2) is 6.36. The van der Waals surface area contributed by atoms with Crippen LogP contribution in [-0.4, -0.2) is 43.5 Å². The van der Waals surface area contributed by atoms with Crippen LogP contribution in [0.2, 0.25) is 0 Å². The number of carbonyl (C=O) groups excluding carboxylic acids is 1. The van der Waals surface area contributed by atoms with E-state index in [1.165, 1.54) is 0 Å². The van der Waals surface area contributed by atoms with E-state index in [-0.39, 0.29) is 5.91 Å². The van der Waals surface area contributed by atoms with Crippen molar-refractivity contribution in [1.82, 2.24) is 10.2 Å². The van der Waals surface area contributed by atoms with Crippen LogP contribution >= 0.6 is 0 Å². The Hall–Kier alpha value is -0.610. The van der Waals surface area contributed by atoms with Gasteiger partial charge in [0.2, 0.25) is 5.91 Å². The minimum atomic E-state index is -0.438. The van der Waals surface area contributed by atoms with Crippen LogP contribution < -0.4 is 11.1 Å². The molecule has 4 heteroatoms. The summed E-state index contributed by atoms with van der Waals surface area (Å²) in [6.45, 7) is 4.01. The fourth-order valence-corrected chi connectivity index (χ4v) is 2.87. The summed E-state index contributed by atoms with van der Waals surface area (Å²) in [7, 11) is 4.14. The van der Waals surface area contributed by atoms with Gasteiger partial charge in [-0.25, -0.2) is 0 Å². The smallest absolute Gasteiger partial charge is 0.238 e. The summed E-state index contributed by atoms with van der Waals surface area (Å²) in [5, 5.41) is 3.42. The lowest BCUT2D eigenvalue weighted by Crippen LogP contribution is -2.58. The summed E-state index contributed by atoms with van der Waals surface area (Å²) in [6.07, 6.45) is 5.22. The molecule has 0 aromatic rings. The van der Waals surface area contributed by atoms with Crippen LogP contribution in [-0.2, 0) is 4.79 Å². The molecule has 3 N–H and O–H groups in total. The van der Waals surface area contributed by atoms with Crippen molar-refractivity contribution in [2.75, 3.05) is 27.2 Å². The molecular weight excluding hydrogens is 214 g/mol. The van der Waals surface area contributed by atoms with Crippen LogP contribution in [0.15, 0.2) is 0 Å². The highest BCUT2D eigenvalue weighted by Gasteiger charge is 2.46. The van der Waals surface area contributed by atoms with Gasteiger partial charge in [-0.1, -0.05) is 13.3 Å². The number of carbonyl (C=O) groups is 1. The molecule has 100 valence electrons. The summed E-state index contributed by atoms with van der Waals surface area (Å²) in [5.41, 5.74) is 5.22. The maximum atomic E-state index is 11.8. The molecule has 0 saturated heterocycles. The SMILES string of the molecule is CCCNC1(C(N)=O)CCCC1CCN(C)C. The first-order chi connectivity index (χ1) is 8.03. The van der Waals surface area contributed by atoms with Crippen molar-refractivity contribution in [3.8, 4) is 0 Å². The number of rotatable bonds is 7. The van der Waals surface area contributed by atoms with E-state index in [4.69, 9.17) is 5.73 Å². The van der Waals surface area contributed by atoms with E-state index in [0.29, 0.717) is 5.92 Å². The minimum absolute atomic E-state index is 0.160. The summed E-state index contributed by atoms with van der Waals surface area (Å²) in [4.78, 5) is 14.0. The van der Waals surface area contributed by atoms with Gasteiger partial charge in [0.25, 0.3) is 0 Å². The number of hydrogen-bond acceptors (Lipinski definition) is 3. The zero-order chi connectivity index (χ0) is 12.9. The summed E-state index contributed by atoms with van der Waals surface area (Å²) in [6, 6.07) is 0. The molecule has 0 radical (unpaired) electrons. The van der Waals surface area contributed by atoms with E-state index >= 15 is 0 Å². The van der Waals surface area contributed by atoms with Gasteiger partial charge in [0.05, 0.1) is 0 Å². The molecule has 1 fully saturated rings. The monoisotopic (exact) mass is 241 g/mol. The molecule has 0 heterocycles. The van der Waals surface area contributed by atoms with Crippen molar-refractivity contribution in [1.29, 1.82) is 0 Å². The summed E-state index contributed by atoms with van der Waals surface area (Å²) in [5.74, 6) is 0.237. The lowest BCUT2D eigenvalue weighted by atomic mass is 9.83. The standard InChI is InChI=1S/C13H27N3O/c1-4-9-15-13(12(14)17)8-5-6-11(13)7-10-16(2)3/h11,15H,4-10H2,1-3H3,(H2,14,17). The maximum Gasteiger partial charge on any atom is 0.238 e. The van der Waals surface area contributed by atoms with Gasteiger partial charge in [-0.3, -0.25) is 4.79 Å². The highest BCUT2D eigenvalue weighted by atomic mass is 16.1. The molecule has 4 nitrogen and oxygen atoms in total. The Labute approximate surface area is 105 Å². The predicted molar refractivity (Wildman–Crippen MR) is 70.7 cm³/mol. The van der Waals surface area contributed by atoms with Gasteiger partial charge in [0.15, 0.2) is 0 Å². The van der Waals surface area contributed by atoms with Crippen LogP contribution in [0.5, 0.6) is 0 Å². The van der Waals surface area contributed by atoms with Crippen molar-refractivity contribution in [2.24, 2.45) is 11.7 Å². The lowest BCUT2D eigenvalue weighted by molar-refractivity contribution is -0.126. The molecule has 0 aromatic carbocycles. The molecule has 0 bridgehead atoms. The fraction of sp³-hybridized carbons (Fsp3) is 0.923. The number of hydrogen-bond donors (Lipinski definition) is 2. The van der Waals surface area contributed by atoms with Gasteiger partial charge in [-0.15, -0.1) is 0 Å². The first-order valence-corrected chi connectivity index (χ1v) is 6.72. The number of primary amides is 1. The molecule has 1 rings (SSSR count). The third-order valence-corrected chi connectivity index (χ3v) is 3.88. The quantitative estimate of drug-likeness (QED) is 0.698. The molecule has 2 unspecified atom stereocenters. The Morgan fingerprint density at radius 1 is 1.53 bits per heavy atom. The molecule has 1 aliphatic rings. The van der Waals surface area contributed by atoms with E-state index in [2.05, 4.69) is 31.2 Å². The molecule has 1 aliphatic carbocycles. The zero-order valence-electron chi connectivity index (χ0n) is 11.5. The van der Waals surface area contributed by atoms with Crippen LogP contribution in [0.1, 0.15) is 39.0 Å². The molecule has 1 amide bonds. The molecule has 17 heavy (non-hydrogen) atoms. The first kappa shape index (κ1) is 14.5. The molecular formula is C13H27N3O. The Balaban J connectivity index is 2.68. The van der Waals surface area contributed by atoms with Gasteiger partial charge in [-0.05, 0) is 58.8 Å². The largest absolute Gasteiger partial charge is 0.368 e. The van der Waals surface area contributed by atoms with Crippen molar-refractivity contribution < 1.29 is 4.79 Å². The molecule has 0 aliphatic heterocycles. The number of nitrogens with one attached hydrogen (secondary N) is 1. The highest BCUT2D eigenvalue weighted by Crippen LogP contribution is 2.37. The van der Waals surface area contributed by atoms with Crippen LogP contribution in [0.25, 0.3) is 0 Å². The van der Waals surface area contributed by atoms with E-state index in [0.717, 1.165) is 45.2 Å². The van der Waals surface area contributed by atoms with Crippen molar-refractivity contribution >= 4 is 5.91 Å². The zero-order valence-corrected chi connectivity index (χ0v) is 11.5. The minimum Gasteiger partial charge on any atom is -0.368 e. The van der Waals surface area contributed by atoms with Crippen molar-refractivity contribution in [2.45, 2.75) is 44.6 Å². The average Bonchev–Trinajstić information content (AvgIpc) is 2.67. The second-order valence-corrected chi connectivity index (χ2v) is 5.44. The van der Waals surface area contributed by atoms with Gasteiger partial charge < -0.3 is 16.0 Å². The number of nitrogens with zero attached hydrogens (tertiary/aromatic N) is 1. The normalized spacial score (nSPS) is 28.8. The van der Waals surface area contributed by atoms with E-state index < -0.39 is 5.54 Å². The van der Waals surface area contributed by atoms with Crippen molar-refractivity contribution in [3.05, 3.63) is 0 Å². The van der Waals surface area contributed by atoms with Gasteiger partial charge >= 0.3 is 0 Å². The molecule has 2 atom stereocenters. The van der Waals surface area contributed by atoms with Crippen LogP contribution in [0.3, 0.4) is 0 Å². The lowest BCUT2D eigenvalue weighted by Gasteiger charge is -2.34. The van der Waals surface area contributed by atoms with Crippen LogP contribution in [0, 0.1) is 5.92 Å². The van der Waals surface area contributed by atoms with E-state index in [1.807, 2.05) is 0 Å². The Kier molecular flexibility index (Phi) is 5.40. The Bertz CT molecular complexity index is 255. The third-order valence-electron chi connectivity index (χ3n) is 3.88. The predicted octanol–water partition coefficient (Wildman–Crippen LogP) is 0.962. The average molecular weight is 241 g/mol. The van der Waals surface area contributed by atoms with E-state index in [9.17, 15) is 4.79 Å². The maximum absolute atomic E-state index is 11.8. The molecule has 0 aromatic heterocycles. The highest BCUT2D eigenvalue weighted by molar-refractivity contribution is 5.85. The molecule has 1 saturated carbocycles. The van der Waals surface area contributed by atoms with Crippen LogP contribution in [0.4, 0.5) is 0 Å². The van der Waals surface area contributed by atoms with Gasteiger partial charge in [-0.2, -0.15) is 0 Å². The summed E-state index contributed by atoms with van der Waals surface area (Å²) < 4.78 is 0. The molecule has 0 spiro atoms. The number of amides is 1. The summed E-state index contributed by atoms with van der Waals surface area (Å²) >= 11 is 0. The Morgan fingerprint density at radius 3 is 2.76 bits per heavy atom. The van der Waals surface area contributed by atoms with Gasteiger partial charge in [0, 0.05) is 0 Å². The number of nitrogens with two attached hydrogens (primary N) is 1. The topological polar surface area (TPSA) is 58.4 Å². The van der Waals surface area contributed by atoms with Crippen molar-refractivity contribution in [3.63, 3.8) is 0 Å². The van der Waals surface area contributed by atoms with E-state index in [1.54, 1.807) is 0 Å². The second-order valence-electron chi connectivity index (χ2n) is 5.44. The third kappa shape index (κ3) is 3.42.